The molecule has 0 heterocycles. The Kier molecular flexibility index (Phi) is 3.73. The van der Waals surface area contributed by atoms with Gasteiger partial charge in [0.1, 0.15) is 4.84 Å². The third kappa shape index (κ3) is 5.85. The van der Waals surface area contributed by atoms with Gasteiger partial charge < -0.3 is 10.4 Å². The van der Waals surface area contributed by atoms with Crippen molar-refractivity contribution >= 4 is 29.3 Å². The second-order valence-corrected chi connectivity index (χ2v) is 2.35. The van der Waals surface area contributed by atoms with Crippen LogP contribution in [0, 0.1) is 0 Å². The summed E-state index contributed by atoms with van der Waals surface area (Å²) in [6.07, 6.45) is -1.11. The minimum atomic E-state index is -1.11. The molecule has 0 aromatic heterocycles. The standard InChI is InChI=1S/C3H5Cl2NO2/c4-2(5)1-6-3(7)8/h2,6H,1H2,(H,7,8). The predicted octanol–water partition coefficient (Wildman–Crippen LogP) is 1.06. The van der Waals surface area contributed by atoms with Gasteiger partial charge in [0.25, 0.3) is 0 Å². The fourth-order valence-corrected chi connectivity index (χ4v) is 0.319. The maximum atomic E-state index is 9.68. The van der Waals surface area contributed by atoms with Gasteiger partial charge in [-0.25, -0.2) is 4.79 Å². The Bertz CT molecular complexity index is 85.4. The highest BCUT2D eigenvalue weighted by Crippen LogP contribution is 1.97. The number of nitrogens with one attached hydrogen (secondary N) is 1. The maximum absolute atomic E-state index is 9.68. The number of alkyl halides is 2. The summed E-state index contributed by atoms with van der Waals surface area (Å²) >= 11 is 10.3. The lowest BCUT2D eigenvalue weighted by Crippen LogP contribution is -2.25. The van der Waals surface area contributed by atoms with Crippen molar-refractivity contribution in [3.05, 3.63) is 0 Å². The van der Waals surface area contributed by atoms with Crippen LogP contribution in [0.5, 0.6) is 0 Å². The van der Waals surface area contributed by atoms with Crippen LogP contribution in [0.2, 0.25) is 0 Å². The van der Waals surface area contributed by atoms with Gasteiger partial charge in [-0.1, -0.05) is 0 Å². The van der Waals surface area contributed by atoms with Gasteiger partial charge in [-0.3, -0.25) is 0 Å². The minimum Gasteiger partial charge on any atom is -0.465 e. The van der Waals surface area contributed by atoms with E-state index < -0.39 is 10.9 Å². The van der Waals surface area contributed by atoms with Gasteiger partial charge in [0.2, 0.25) is 0 Å². The fourth-order valence-electron chi connectivity index (χ4n) is 0.164. The van der Waals surface area contributed by atoms with Gasteiger partial charge in [-0.05, 0) is 0 Å². The Morgan fingerprint density at radius 1 is 1.75 bits per heavy atom. The summed E-state index contributed by atoms with van der Waals surface area (Å²) in [7, 11) is 0. The molecule has 0 aliphatic heterocycles. The van der Waals surface area contributed by atoms with Crippen molar-refractivity contribution in [1.29, 1.82) is 0 Å². The van der Waals surface area contributed by atoms with Crippen molar-refractivity contribution in [2.45, 2.75) is 4.84 Å². The zero-order valence-corrected chi connectivity index (χ0v) is 5.41. The molecule has 0 radical (unpaired) electrons. The third-order valence-corrected chi connectivity index (χ3v) is 0.716. The minimum absolute atomic E-state index is 0.0679. The summed E-state index contributed by atoms with van der Waals surface area (Å²) in [6, 6.07) is 0. The highest BCUT2D eigenvalue weighted by Gasteiger charge is 1.98. The molecule has 5 heteroatoms. The molecule has 0 bridgehead atoms. The van der Waals surface area contributed by atoms with Crippen LogP contribution in [0.3, 0.4) is 0 Å². The highest BCUT2D eigenvalue weighted by atomic mass is 35.5. The molecule has 0 aliphatic carbocycles. The average Bonchev–Trinajstić information content (AvgIpc) is 1.61. The summed E-state index contributed by atoms with van der Waals surface area (Å²) in [6.45, 7) is 0.0679. The first-order valence-electron chi connectivity index (χ1n) is 1.88. The van der Waals surface area contributed by atoms with E-state index in [2.05, 4.69) is 0 Å². The van der Waals surface area contributed by atoms with Crippen molar-refractivity contribution in [3.63, 3.8) is 0 Å². The SMILES string of the molecule is O=C(O)NCC(Cl)Cl. The van der Waals surface area contributed by atoms with Crippen molar-refractivity contribution in [1.82, 2.24) is 5.32 Å². The smallest absolute Gasteiger partial charge is 0.404 e. The van der Waals surface area contributed by atoms with Gasteiger partial charge in [0.15, 0.2) is 0 Å². The second kappa shape index (κ2) is 3.80. The van der Waals surface area contributed by atoms with Gasteiger partial charge in [0.05, 0.1) is 6.54 Å². The van der Waals surface area contributed by atoms with Crippen molar-refractivity contribution in [3.8, 4) is 0 Å². The second-order valence-electron chi connectivity index (χ2n) is 1.08. The number of rotatable bonds is 2. The highest BCUT2D eigenvalue weighted by molar-refractivity contribution is 6.44. The lowest BCUT2D eigenvalue weighted by Gasteiger charge is -1.97. The molecule has 0 aromatic rings. The van der Waals surface area contributed by atoms with Crippen LogP contribution >= 0.6 is 23.2 Å². The topological polar surface area (TPSA) is 49.3 Å². The lowest BCUT2D eigenvalue weighted by molar-refractivity contribution is 0.195. The summed E-state index contributed by atoms with van der Waals surface area (Å²) < 4.78 is 0. The Hall–Kier alpha value is -0.150. The first-order valence-corrected chi connectivity index (χ1v) is 2.75. The van der Waals surface area contributed by atoms with E-state index in [-0.39, 0.29) is 6.54 Å². The van der Waals surface area contributed by atoms with Crippen LogP contribution in [-0.4, -0.2) is 22.6 Å². The van der Waals surface area contributed by atoms with Crippen LogP contribution in [0.25, 0.3) is 0 Å². The molecular formula is C3H5Cl2NO2. The number of carboxylic acid groups (broad SMARTS) is 1. The lowest BCUT2D eigenvalue weighted by atomic mass is 10.7. The molecule has 3 nitrogen and oxygen atoms in total. The molecule has 0 aromatic carbocycles. The van der Waals surface area contributed by atoms with E-state index in [1.807, 2.05) is 5.32 Å². The van der Waals surface area contributed by atoms with Crippen molar-refractivity contribution in [2.24, 2.45) is 0 Å². The van der Waals surface area contributed by atoms with Gasteiger partial charge in [0, 0.05) is 0 Å². The molecule has 0 atom stereocenters. The van der Waals surface area contributed by atoms with Crippen molar-refractivity contribution in [2.75, 3.05) is 6.54 Å². The molecule has 1 amide bonds. The van der Waals surface area contributed by atoms with Gasteiger partial charge >= 0.3 is 6.09 Å². The molecule has 0 fully saturated rings. The largest absolute Gasteiger partial charge is 0.465 e. The molecule has 2 N–H and O–H groups in total. The Balaban J connectivity index is 3.05. The Labute approximate surface area is 56.6 Å². The number of amides is 1. The van der Waals surface area contributed by atoms with Crippen LogP contribution in [0.15, 0.2) is 0 Å². The van der Waals surface area contributed by atoms with Crippen LogP contribution < -0.4 is 5.32 Å². The average molecular weight is 158 g/mol. The van der Waals surface area contributed by atoms with Crippen molar-refractivity contribution < 1.29 is 9.90 Å². The molecule has 8 heavy (non-hydrogen) atoms. The van der Waals surface area contributed by atoms with E-state index in [1.54, 1.807) is 0 Å². The van der Waals surface area contributed by atoms with Crippen LogP contribution in [0.4, 0.5) is 4.79 Å². The number of hydrogen-bond donors (Lipinski definition) is 2. The zero-order chi connectivity index (χ0) is 6.57. The summed E-state index contributed by atoms with van der Waals surface area (Å²) in [5.41, 5.74) is 0. The molecular weight excluding hydrogens is 153 g/mol. The summed E-state index contributed by atoms with van der Waals surface area (Å²) in [4.78, 5) is 9.01. The maximum Gasteiger partial charge on any atom is 0.404 e. The van der Waals surface area contributed by atoms with E-state index in [1.165, 1.54) is 0 Å². The van der Waals surface area contributed by atoms with Crippen LogP contribution in [0.1, 0.15) is 0 Å². The Morgan fingerprint density at radius 3 is 2.38 bits per heavy atom. The van der Waals surface area contributed by atoms with E-state index in [9.17, 15) is 4.79 Å². The molecule has 0 saturated heterocycles. The zero-order valence-electron chi connectivity index (χ0n) is 3.90. The molecule has 0 rings (SSSR count). The number of halogens is 2. The number of hydrogen-bond acceptors (Lipinski definition) is 1. The van der Waals surface area contributed by atoms with E-state index in [0.717, 1.165) is 0 Å². The van der Waals surface area contributed by atoms with E-state index in [0.29, 0.717) is 0 Å². The number of carbonyl (C=O) groups is 1. The molecule has 0 spiro atoms. The van der Waals surface area contributed by atoms with Gasteiger partial charge in [-0.15, -0.1) is 23.2 Å². The first kappa shape index (κ1) is 7.85. The van der Waals surface area contributed by atoms with E-state index in [4.69, 9.17) is 28.3 Å². The summed E-state index contributed by atoms with van der Waals surface area (Å²) in [5, 5.41) is 9.93. The molecule has 48 valence electrons. The summed E-state index contributed by atoms with van der Waals surface area (Å²) in [5.74, 6) is 0. The molecule has 0 unspecified atom stereocenters. The fraction of sp³-hybridized carbons (Fsp3) is 0.667. The molecule has 0 aliphatic rings. The Morgan fingerprint density at radius 2 is 2.25 bits per heavy atom. The van der Waals surface area contributed by atoms with E-state index >= 15 is 0 Å². The normalized spacial score (nSPS) is 9.38. The first-order chi connectivity index (χ1) is 3.63. The van der Waals surface area contributed by atoms with Gasteiger partial charge in [-0.2, -0.15) is 0 Å². The molecule has 0 saturated carbocycles. The predicted molar refractivity (Wildman–Crippen MR) is 31.5 cm³/mol. The third-order valence-electron chi connectivity index (χ3n) is 0.408. The van der Waals surface area contributed by atoms with Crippen LogP contribution in [-0.2, 0) is 0 Å². The monoisotopic (exact) mass is 157 g/mol. The quantitative estimate of drug-likeness (QED) is 0.590.